The molecule has 0 unspecified atom stereocenters. The molecule has 0 bridgehead atoms. The first kappa shape index (κ1) is 30.0. The van der Waals surface area contributed by atoms with Gasteiger partial charge in [0, 0.05) is 30.1 Å². The van der Waals surface area contributed by atoms with Crippen molar-refractivity contribution < 1.29 is 23.9 Å². The van der Waals surface area contributed by atoms with E-state index in [1.807, 2.05) is 54.6 Å². The molecule has 3 aromatic rings. The van der Waals surface area contributed by atoms with Crippen molar-refractivity contribution in [3.8, 4) is 0 Å². The number of carbonyl (C=O) groups excluding carboxylic acids is 3. The van der Waals surface area contributed by atoms with Crippen molar-refractivity contribution in [2.75, 3.05) is 6.54 Å². The minimum Gasteiger partial charge on any atom is -0.459 e. The van der Waals surface area contributed by atoms with Crippen molar-refractivity contribution in [1.82, 2.24) is 15.6 Å². The van der Waals surface area contributed by atoms with Crippen molar-refractivity contribution in [3.63, 3.8) is 0 Å². The van der Waals surface area contributed by atoms with Gasteiger partial charge in [0.05, 0.1) is 0 Å². The van der Waals surface area contributed by atoms with Crippen LogP contribution in [0.2, 0.25) is 0 Å². The molecule has 214 valence electrons. The second-order valence-electron chi connectivity index (χ2n) is 10.4. The number of fused-ring (bicyclic) bond motifs is 1. The van der Waals surface area contributed by atoms with E-state index in [1.165, 1.54) is 0 Å². The number of aliphatic imine (C=N–C) groups is 1. The lowest BCUT2D eigenvalue weighted by atomic mass is 10.0. The predicted octanol–water partition coefficient (Wildman–Crippen LogP) is 2.89. The molecule has 0 aliphatic rings. The van der Waals surface area contributed by atoms with Crippen LogP contribution in [0.1, 0.15) is 44.7 Å². The molecule has 2 aromatic carbocycles. The average molecular weight is 551 g/mol. The summed E-state index contributed by atoms with van der Waals surface area (Å²) in [4.78, 5) is 46.4. The summed E-state index contributed by atoms with van der Waals surface area (Å²) < 4.78 is 10.9. The van der Waals surface area contributed by atoms with Crippen LogP contribution in [0.15, 0.2) is 65.8 Å². The van der Waals surface area contributed by atoms with Gasteiger partial charge in [-0.1, -0.05) is 48.5 Å². The fourth-order valence-corrected chi connectivity index (χ4v) is 4.04. The number of nitrogens with one attached hydrogen (secondary N) is 3. The molecule has 1 heterocycles. The van der Waals surface area contributed by atoms with Gasteiger partial charge < -0.3 is 36.6 Å². The topological polar surface area (TPSA) is 174 Å². The summed E-state index contributed by atoms with van der Waals surface area (Å²) >= 11 is 0. The van der Waals surface area contributed by atoms with Crippen molar-refractivity contribution in [3.05, 3.63) is 71.9 Å². The van der Waals surface area contributed by atoms with Gasteiger partial charge in [-0.2, -0.15) is 0 Å². The summed E-state index contributed by atoms with van der Waals surface area (Å²) in [6, 6.07) is 14.9. The molecule has 7 N–H and O–H groups in total. The monoisotopic (exact) mass is 550 g/mol. The zero-order valence-electron chi connectivity index (χ0n) is 23.1. The fourth-order valence-electron chi connectivity index (χ4n) is 4.04. The highest BCUT2D eigenvalue weighted by molar-refractivity contribution is 5.90. The van der Waals surface area contributed by atoms with Gasteiger partial charge in [-0.15, -0.1) is 0 Å². The zero-order chi connectivity index (χ0) is 29.1. The van der Waals surface area contributed by atoms with Gasteiger partial charge in [0.25, 0.3) is 0 Å². The predicted molar refractivity (Wildman–Crippen MR) is 153 cm³/mol. The number of aromatic nitrogens is 1. The molecule has 0 saturated heterocycles. The molecule has 0 aliphatic carbocycles. The molecule has 0 spiro atoms. The minimum atomic E-state index is -1.02. The number of hydrogen-bond donors (Lipinski definition) is 5. The molecule has 0 fully saturated rings. The average Bonchev–Trinajstić information content (AvgIpc) is 3.30. The minimum absolute atomic E-state index is 0.0536. The Morgan fingerprint density at radius 1 is 0.975 bits per heavy atom. The lowest BCUT2D eigenvalue weighted by molar-refractivity contribution is -0.149. The Labute approximate surface area is 233 Å². The van der Waals surface area contributed by atoms with Crippen molar-refractivity contribution in [2.24, 2.45) is 16.5 Å². The normalized spacial score (nSPS) is 12.7. The lowest BCUT2D eigenvalue weighted by Gasteiger charge is -2.25. The number of guanidine groups is 1. The first-order valence-corrected chi connectivity index (χ1v) is 13.1. The molecule has 2 amide bonds. The second kappa shape index (κ2) is 14.0. The maximum absolute atomic E-state index is 13.5. The number of esters is 1. The van der Waals surface area contributed by atoms with Gasteiger partial charge in [0.2, 0.25) is 5.91 Å². The van der Waals surface area contributed by atoms with E-state index in [1.54, 1.807) is 27.0 Å². The number of ether oxygens (including phenoxy) is 2. The van der Waals surface area contributed by atoms with Crippen LogP contribution >= 0.6 is 0 Å². The Hall–Kier alpha value is -4.54. The van der Waals surface area contributed by atoms with Crippen LogP contribution in [0, 0.1) is 0 Å². The summed E-state index contributed by atoms with van der Waals surface area (Å²) in [6.07, 6.45) is 1.84. The number of para-hydroxylation sites is 1. The van der Waals surface area contributed by atoms with Crippen molar-refractivity contribution in [2.45, 2.75) is 64.3 Å². The van der Waals surface area contributed by atoms with Crippen LogP contribution < -0.4 is 22.1 Å². The highest BCUT2D eigenvalue weighted by Gasteiger charge is 2.30. The van der Waals surface area contributed by atoms with E-state index < -0.39 is 35.7 Å². The summed E-state index contributed by atoms with van der Waals surface area (Å²) in [5.74, 6) is -1.22. The van der Waals surface area contributed by atoms with E-state index in [9.17, 15) is 14.4 Å². The number of nitrogens with zero attached hydrogens (tertiary/aromatic N) is 1. The number of aromatic amines is 1. The Morgan fingerprint density at radius 3 is 2.38 bits per heavy atom. The smallest absolute Gasteiger partial charge is 0.408 e. The van der Waals surface area contributed by atoms with E-state index >= 15 is 0 Å². The van der Waals surface area contributed by atoms with E-state index in [4.69, 9.17) is 20.9 Å². The van der Waals surface area contributed by atoms with Crippen LogP contribution in [0.4, 0.5) is 4.79 Å². The van der Waals surface area contributed by atoms with Crippen LogP contribution in [0.25, 0.3) is 10.9 Å². The number of benzene rings is 2. The lowest BCUT2D eigenvalue weighted by Crippen LogP contribution is -2.53. The van der Waals surface area contributed by atoms with Crippen LogP contribution in [-0.2, 0) is 32.1 Å². The molecular formula is C29H38N6O5. The molecule has 0 saturated carbocycles. The third-order valence-electron chi connectivity index (χ3n) is 5.88. The fraction of sp³-hybridized carbons (Fsp3) is 0.379. The van der Waals surface area contributed by atoms with Gasteiger partial charge in [-0.25, -0.2) is 9.59 Å². The Bertz CT molecular complexity index is 1310. The maximum atomic E-state index is 13.5. The zero-order valence-corrected chi connectivity index (χ0v) is 23.1. The number of H-pyrrole nitrogens is 1. The maximum Gasteiger partial charge on any atom is 0.408 e. The van der Waals surface area contributed by atoms with Crippen LogP contribution in [0.3, 0.4) is 0 Å². The standard InChI is InChI=1S/C29H38N6O5/c1-29(2,3)40-28(38)35-23(14-9-15-32-27(30)31)25(36)34-24(26(37)39-18-19-10-5-4-6-11-19)16-20-17-33-22-13-8-7-12-21(20)22/h4-8,10-13,17,23-24,33H,9,14-16,18H2,1-3H3,(H,34,36)(H,35,38)(H4,30,31,32)/t23-,24-/m1/s1. The van der Waals surface area contributed by atoms with Gasteiger partial charge >= 0.3 is 12.1 Å². The van der Waals surface area contributed by atoms with Crippen molar-refractivity contribution in [1.29, 1.82) is 0 Å². The highest BCUT2D eigenvalue weighted by atomic mass is 16.6. The van der Waals surface area contributed by atoms with E-state index in [-0.39, 0.29) is 32.0 Å². The molecular weight excluding hydrogens is 512 g/mol. The van der Waals surface area contributed by atoms with Gasteiger partial charge in [-0.3, -0.25) is 9.79 Å². The number of nitrogens with two attached hydrogens (primary N) is 2. The third kappa shape index (κ3) is 9.64. The number of alkyl carbamates (subject to hydrolysis) is 1. The molecule has 40 heavy (non-hydrogen) atoms. The number of hydrogen-bond acceptors (Lipinski definition) is 6. The molecule has 0 radical (unpaired) electrons. The summed E-state index contributed by atoms with van der Waals surface area (Å²) in [7, 11) is 0. The van der Waals surface area contributed by atoms with Crippen LogP contribution in [0.5, 0.6) is 0 Å². The molecule has 0 aliphatic heterocycles. The second-order valence-corrected chi connectivity index (χ2v) is 10.4. The Balaban J connectivity index is 1.79. The van der Waals surface area contributed by atoms with Crippen LogP contribution in [-0.4, -0.2) is 53.1 Å². The molecule has 3 rings (SSSR count). The van der Waals surface area contributed by atoms with Gasteiger partial charge in [0.1, 0.15) is 24.3 Å². The summed E-state index contributed by atoms with van der Waals surface area (Å²) in [6.45, 7) is 5.49. The first-order chi connectivity index (χ1) is 19.0. The van der Waals surface area contributed by atoms with Gasteiger partial charge in [-0.05, 0) is 50.8 Å². The molecule has 2 atom stereocenters. The summed E-state index contributed by atoms with van der Waals surface area (Å²) in [5.41, 5.74) is 12.6. The number of amides is 2. The van der Waals surface area contributed by atoms with E-state index in [2.05, 4.69) is 20.6 Å². The molecule has 11 nitrogen and oxygen atoms in total. The first-order valence-electron chi connectivity index (χ1n) is 13.1. The Kier molecular flexibility index (Phi) is 10.5. The quantitative estimate of drug-likeness (QED) is 0.0997. The third-order valence-corrected chi connectivity index (χ3v) is 5.88. The number of rotatable bonds is 12. The van der Waals surface area contributed by atoms with E-state index in [0.29, 0.717) is 6.42 Å². The number of carbonyl (C=O) groups is 3. The summed E-state index contributed by atoms with van der Waals surface area (Å²) in [5, 5.41) is 6.33. The molecule has 11 heteroatoms. The van der Waals surface area contributed by atoms with E-state index in [0.717, 1.165) is 22.0 Å². The van der Waals surface area contributed by atoms with Crippen molar-refractivity contribution >= 4 is 34.8 Å². The molecule has 1 aromatic heterocycles. The Morgan fingerprint density at radius 2 is 1.68 bits per heavy atom. The SMILES string of the molecule is CC(C)(C)OC(=O)N[C@H](CCCN=C(N)N)C(=O)N[C@H](Cc1c[nH]c2ccccc12)C(=O)OCc1ccccc1. The van der Waals surface area contributed by atoms with Gasteiger partial charge in [0.15, 0.2) is 5.96 Å². The largest absolute Gasteiger partial charge is 0.459 e. The highest BCUT2D eigenvalue weighted by Crippen LogP contribution is 2.20.